The molecule has 0 saturated carbocycles. The minimum absolute atomic E-state index is 0.372. The molecule has 8 heteroatoms. The van der Waals surface area contributed by atoms with Gasteiger partial charge in [0, 0.05) is 50.5 Å². The van der Waals surface area contributed by atoms with Crippen molar-refractivity contribution in [2.24, 2.45) is 4.99 Å². The first-order chi connectivity index (χ1) is 15.2. The predicted molar refractivity (Wildman–Crippen MR) is 127 cm³/mol. The molecule has 1 aromatic carbocycles. The van der Waals surface area contributed by atoms with Crippen molar-refractivity contribution in [3.05, 3.63) is 47.9 Å². The van der Waals surface area contributed by atoms with Crippen LogP contribution in [0.4, 0.5) is 0 Å². The summed E-state index contributed by atoms with van der Waals surface area (Å²) >= 11 is 1.81. The van der Waals surface area contributed by atoms with Gasteiger partial charge in [0.15, 0.2) is 5.96 Å². The van der Waals surface area contributed by atoms with Gasteiger partial charge < -0.3 is 24.5 Å². The average Bonchev–Trinajstić information content (AvgIpc) is 3.45. The van der Waals surface area contributed by atoms with Crippen LogP contribution in [0.2, 0.25) is 0 Å². The Bertz CT molecular complexity index is 791. The molecule has 2 heterocycles. The Morgan fingerprint density at radius 2 is 2.06 bits per heavy atom. The van der Waals surface area contributed by atoms with Crippen molar-refractivity contribution in [1.29, 1.82) is 0 Å². The van der Waals surface area contributed by atoms with Crippen LogP contribution in [0.3, 0.4) is 0 Å². The number of nitrogens with one attached hydrogen (secondary N) is 2. The number of benzene rings is 1. The molecule has 1 aliphatic rings. The summed E-state index contributed by atoms with van der Waals surface area (Å²) in [6.07, 6.45) is 5.74. The highest BCUT2D eigenvalue weighted by Gasteiger charge is 2.23. The lowest BCUT2D eigenvalue weighted by molar-refractivity contribution is 0.321. The first-order valence-corrected chi connectivity index (χ1v) is 12.1. The van der Waals surface area contributed by atoms with Crippen molar-refractivity contribution in [3.8, 4) is 11.5 Å². The van der Waals surface area contributed by atoms with Gasteiger partial charge in [-0.25, -0.2) is 0 Å². The van der Waals surface area contributed by atoms with Gasteiger partial charge in [-0.1, -0.05) is 0 Å². The number of furan rings is 1. The van der Waals surface area contributed by atoms with E-state index in [9.17, 15) is 0 Å². The second kappa shape index (κ2) is 12.5. The van der Waals surface area contributed by atoms with E-state index in [1.165, 1.54) is 5.56 Å². The highest BCUT2D eigenvalue weighted by atomic mass is 32.2. The van der Waals surface area contributed by atoms with Gasteiger partial charge in [0.2, 0.25) is 0 Å². The lowest BCUT2D eigenvalue weighted by Gasteiger charge is -2.20. The summed E-state index contributed by atoms with van der Waals surface area (Å²) in [5, 5.41) is 7.08. The molecule has 7 nitrogen and oxygen atoms in total. The van der Waals surface area contributed by atoms with Gasteiger partial charge in [0.05, 0.1) is 27.0 Å². The zero-order valence-corrected chi connectivity index (χ0v) is 19.5. The smallest absolute Gasteiger partial charge is 0.191 e. The van der Waals surface area contributed by atoms with Gasteiger partial charge in [-0.2, -0.15) is 11.8 Å². The summed E-state index contributed by atoms with van der Waals surface area (Å²) in [5.41, 5.74) is 1.20. The number of hydrogen-bond donors (Lipinski definition) is 2. The van der Waals surface area contributed by atoms with Crippen molar-refractivity contribution in [2.45, 2.75) is 25.4 Å². The molecule has 0 aliphatic carbocycles. The molecule has 170 valence electrons. The van der Waals surface area contributed by atoms with Crippen LogP contribution in [0.15, 0.2) is 46.0 Å². The molecule has 3 rings (SSSR count). The molecular formula is C23H34N4O3S. The number of hydrogen-bond acceptors (Lipinski definition) is 6. The monoisotopic (exact) mass is 446 g/mol. The van der Waals surface area contributed by atoms with Crippen molar-refractivity contribution >= 4 is 17.7 Å². The first kappa shape index (κ1) is 23.3. The van der Waals surface area contributed by atoms with E-state index in [2.05, 4.69) is 33.9 Å². The molecular weight excluding hydrogens is 412 g/mol. The van der Waals surface area contributed by atoms with Gasteiger partial charge in [-0.05, 0) is 42.5 Å². The molecule has 31 heavy (non-hydrogen) atoms. The summed E-state index contributed by atoms with van der Waals surface area (Å²) in [6.45, 7) is 4.48. The Labute approximate surface area is 189 Å². The lowest BCUT2D eigenvalue weighted by Crippen LogP contribution is -2.45. The maximum Gasteiger partial charge on any atom is 0.191 e. The summed E-state index contributed by atoms with van der Waals surface area (Å²) in [5.74, 6) is 4.53. The maximum absolute atomic E-state index is 5.42. The summed E-state index contributed by atoms with van der Waals surface area (Å²) in [4.78, 5) is 7.19. The van der Waals surface area contributed by atoms with Gasteiger partial charge in [0.25, 0.3) is 0 Å². The van der Waals surface area contributed by atoms with Crippen LogP contribution in [0.1, 0.15) is 17.7 Å². The SMILES string of the molecule is COc1cc(CN2CCC(NC(=NCCSC)NCCc3ccco3)C2)cc(OC)c1. The Hall–Kier alpha value is -2.32. The molecule has 1 atom stereocenters. The van der Waals surface area contributed by atoms with Crippen molar-refractivity contribution in [3.63, 3.8) is 0 Å². The summed E-state index contributed by atoms with van der Waals surface area (Å²) < 4.78 is 16.2. The van der Waals surface area contributed by atoms with E-state index in [4.69, 9.17) is 18.9 Å². The van der Waals surface area contributed by atoms with E-state index in [1.807, 2.05) is 30.0 Å². The summed E-state index contributed by atoms with van der Waals surface area (Å²) in [7, 11) is 3.37. The van der Waals surface area contributed by atoms with E-state index in [-0.39, 0.29) is 0 Å². The third kappa shape index (κ3) is 7.70. The zero-order chi connectivity index (χ0) is 21.9. The third-order valence-electron chi connectivity index (χ3n) is 5.24. The van der Waals surface area contributed by atoms with Crippen LogP contribution in [0.5, 0.6) is 11.5 Å². The molecule has 2 N–H and O–H groups in total. The number of guanidine groups is 1. The summed E-state index contributed by atoms with van der Waals surface area (Å²) in [6, 6.07) is 10.4. The number of thioether (sulfide) groups is 1. The molecule has 2 aromatic rings. The highest BCUT2D eigenvalue weighted by molar-refractivity contribution is 7.98. The second-order valence-corrected chi connectivity index (χ2v) is 8.55. The van der Waals surface area contributed by atoms with Gasteiger partial charge in [-0.3, -0.25) is 9.89 Å². The maximum atomic E-state index is 5.42. The second-order valence-electron chi connectivity index (χ2n) is 7.57. The molecule has 1 aromatic heterocycles. The van der Waals surface area contributed by atoms with E-state index < -0.39 is 0 Å². The number of methoxy groups -OCH3 is 2. The lowest BCUT2D eigenvalue weighted by atomic mass is 10.2. The fourth-order valence-corrected chi connectivity index (χ4v) is 3.94. The molecule has 1 fully saturated rings. The molecule has 0 spiro atoms. The predicted octanol–water partition coefficient (Wildman–Crippen LogP) is 3.01. The molecule has 0 amide bonds. The van der Waals surface area contributed by atoms with Crippen LogP contribution >= 0.6 is 11.8 Å². The Kier molecular flexibility index (Phi) is 9.42. The fraction of sp³-hybridized carbons (Fsp3) is 0.522. The van der Waals surface area contributed by atoms with Crippen molar-refractivity contribution in [1.82, 2.24) is 15.5 Å². The van der Waals surface area contributed by atoms with Gasteiger partial charge in [0.1, 0.15) is 17.3 Å². The van der Waals surface area contributed by atoms with Crippen LogP contribution < -0.4 is 20.1 Å². The highest BCUT2D eigenvalue weighted by Crippen LogP contribution is 2.24. The van der Waals surface area contributed by atoms with Crippen molar-refractivity contribution in [2.75, 3.05) is 52.4 Å². The van der Waals surface area contributed by atoms with Gasteiger partial charge in [-0.15, -0.1) is 0 Å². The number of aliphatic imine (C=N–C) groups is 1. The number of rotatable bonds is 11. The molecule has 0 bridgehead atoms. The first-order valence-electron chi connectivity index (χ1n) is 10.7. The third-order valence-corrected chi connectivity index (χ3v) is 5.83. The minimum atomic E-state index is 0.372. The molecule has 1 aliphatic heterocycles. The molecule has 1 unspecified atom stereocenters. The average molecular weight is 447 g/mol. The Balaban J connectivity index is 1.52. The zero-order valence-electron chi connectivity index (χ0n) is 18.7. The Morgan fingerprint density at radius 1 is 1.26 bits per heavy atom. The minimum Gasteiger partial charge on any atom is -0.497 e. The van der Waals surface area contributed by atoms with E-state index >= 15 is 0 Å². The largest absolute Gasteiger partial charge is 0.497 e. The van der Waals surface area contributed by atoms with Crippen LogP contribution in [0.25, 0.3) is 0 Å². The normalized spacial score (nSPS) is 17.0. The number of ether oxygens (including phenoxy) is 2. The van der Waals surface area contributed by atoms with E-state index in [1.54, 1.807) is 20.5 Å². The van der Waals surface area contributed by atoms with E-state index in [0.717, 1.165) is 74.5 Å². The Morgan fingerprint density at radius 3 is 2.74 bits per heavy atom. The standard InChI is InChI=1S/C23H34N4O3S/c1-28-21-13-18(14-22(15-21)29-2)16-27-10-7-19(17-27)26-23(25-9-12-31-3)24-8-6-20-5-4-11-30-20/h4-5,11,13-15,19H,6-10,12,16-17H2,1-3H3,(H2,24,25,26). The van der Waals surface area contributed by atoms with Crippen LogP contribution in [-0.2, 0) is 13.0 Å². The number of nitrogens with zero attached hydrogens (tertiary/aromatic N) is 2. The molecule has 1 saturated heterocycles. The van der Waals surface area contributed by atoms with Crippen LogP contribution in [-0.4, -0.2) is 69.3 Å². The number of likely N-dealkylation sites (tertiary alicyclic amines) is 1. The van der Waals surface area contributed by atoms with Gasteiger partial charge >= 0.3 is 0 Å². The van der Waals surface area contributed by atoms with Crippen LogP contribution in [0, 0.1) is 0 Å². The quantitative estimate of drug-likeness (QED) is 0.312. The van der Waals surface area contributed by atoms with E-state index in [0.29, 0.717) is 6.04 Å². The van der Waals surface area contributed by atoms with Crippen molar-refractivity contribution < 1.29 is 13.9 Å². The fourth-order valence-electron chi connectivity index (χ4n) is 3.66. The molecule has 0 radical (unpaired) electrons. The topological polar surface area (TPSA) is 71.3 Å².